The first-order valence-electron chi connectivity index (χ1n) is 6.72. The number of hydrogen-bond acceptors (Lipinski definition) is 2. The van der Waals surface area contributed by atoms with Gasteiger partial charge in [0.15, 0.2) is 0 Å². The SMILES string of the molecule is COc1ccc(CN[C@H](C)c2ccc(Br)cc2)cc1C. The van der Waals surface area contributed by atoms with E-state index in [9.17, 15) is 0 Å². The van der Waals surface area contributed by atoms with Gasteiger partial charge in [0.2, 0.25) is 0 Å². The van der Waals surface area contributed by atoms with E-state index in [1.807, 2.05) is 6.07 Å². The quantitative estimate of drug-likeness (QED) is 0.862. The third-order valence-electron chi connectivity index (χ3n) is 3.44. The third kappa shape index (κ3) is 3.84. The van der Waals surface area contributed by atoms with Crippen molar-refractivity contribution in [3.8, 4) is 5.75 Å². The van der Waals surface area contributed by atoms with Crippen LogP contribution in [0.4, 0.5) is 0 Å². The smallest absolute Gasteiger partial charge is 0.121 e. The first kappa shape index (κ1) is 15.1. The predicted octanol–water partition coefficient (Wildman–Crippen LogP) is 4.62. The highest BCUT2D eigenvalue weighted by molar-refractivity contribution is 9.10. The van der Waals surface area contributed by atoms with Gasteiger partial charge in [-0.2, -0.15) is 0 Å². The van der Waals surface area contributed by atoms with E-state index in [2.05, 4.69) is 71.5 Å². The van der Waals surface area contributed by atoms with Gasteiger partial charge in [0.25, 0.3) is 0 Å². The number of aryl methyl sites for hydroxylation is 1. The van der Waals surface area contributed by atoms with Gasteiger partial charge in [0, 0.05) is 17.1 Å². The largest absolute Gasteiger partial charge is 0.496 e. The Balaban J connectivity index is 1.97. The van der Waals surface area contributed by atoms with Crippen LogP contribution >= 0.6 is 15.9 Å². The molecule has 0 bridgehead atoms. The summed E-state index contributed by atoms with van der Waals surface area (Å²) in [6.07, 6.45) is 0. The molecule has 0 heterocycles. The Morgan fingerprint density at radius 2 is 1.85 bits per heavy atom. The van der Waals surface area contributed by atoms with E-state index in [0.29, 0.717) is 6.04 Å². The minimum atomic E-state index is 0.325. The van der Waals surface area contributed by atoms with Gasteiger partial charge in [-0.3, -0.25) is 0 Å². The van der Waals surface area contributed by atoms with Crippen molar-refractivity contribution in [2.75, 3.05) is 7.11 Å². The zero-order valence-electron chi connectivity index (χ0n) is 12.1. The van der Waals surface area contributed by atoms with E-state index in [1.165, 1.54) is 16.7 Å². The summed E-state index contributed by atoms with van der Waals surface area (Å²) in [4.78, 5) is 0. The molecule has 0 spiro atoms. The highest BCUT2D eigenvalue weighted by Crippen LogP contribution is 2.20. The molecule has 2 aromatic carbocycles. The second-order valence-corrected chi connectivity index (χ2v) is 5.87. The summed E-state index contributed by atoms with van der Waals surface area (Å²) in [5, 5.41) is 3.54. The Morgan fingerprint density at radius 3 is 2.45 bits per heavy atom. The molecule has 0 fully saturated rings. The lowest BCUT2D eigenvalue weighted by atomic mass is 10.1. The Kier molecular flexibility index (Phi) is 5.21. The Morgan fingerprint density at radius 1 is 1.15 bits per heavy atom. The van der Waals surface area contributed by atoms with Crippen LogP contribution in [0, 0.1) is 6.92 Å². The normalized spacial score (nSPS) is 12.2. The van der Waals surface area contributed by atoms with E-state index in [1.54, 1.807) is 7.11 Å². The van der Waals surface area contributed by atoms with Gasteiger partial charge in [-0.05, 0) is 48.7 Å². The van der Waals surface area contributed by atoms with Gasteiger partial charge in [0.1, 0.15) is 5.75 Å². The fourth-order valence-corrected chi connectivity index (χ4v) is 2.46. The summed E-state index contributed by atoms with van der Waals surface area (Å²) in [5.41, 5.74) is 3.73. The zero-order valence-corrected chi connectivity index (χ0v) is 13.7. The molecule has 20 heavy (non-hydrogen) atoms. The van der Waals surface area contributed by atoms with E-state index >= 15 is 0 Å². The maximum Gasteiger partial charge on any atom is 0.121 e. The Hall–Kier alpha value is -1.32. The first-order chi connectivity index (χ1) is 9.60. The van der Waals surface area contributed by atoms with Crippen molar-refractivity contribution in [1.29, 1.82) is 0 Å². The van der Waals surface area contributed by atoms with E-state index in [-0.39, 0.29) is 0 Å². The number of benzene rings is 2. The highest BCUT2D eigenvalue weighted by Gasteiger charge is 2.05. The van der Waals surface area contributed by atoms with Gasteiger partial charge in [-0.1, -0.05) is 40.2 Å². The summed E-state index contributed by atoms with van der Waals surface area (Å²) in [7, 11) is 1.70. The van der Waals surface area contributed by atoms with Gasteiger partial charge < -0.3 is 10.1 Å². The average molecular weight is 334 g/mol. The van der Waals surface area contributed by atoms with Crippen LogP contribution in [0.15, 0.2) is 46.9 Å². The van der Waals surface area contributed by atoms with Gasteiger partial charge in [-0.15, -0.1) is 0 Å². The van der Waals surface area contributed by atoms with Crippen molar-refractivity contribution in [3.05, 3.63) is 63.6 Å². The fraction of sp³-hybridized carbons (Fsp3) is 0.294. The first-order valence-corrected chi connectivity index (χ1v) is 7.52. The minimum Gasteiger partial charge on any atom is -0.496 e. The van der Waals surface area contributed by atoms with E-state index in [4.69, 9.17) is 4.74 Å². The highest BCUT2D eigenvalue weighted by atomic mass is 79.9. The molecule has 0 aliphatic carbocycles. The minimum absolute atomic E-state index is 0.325. The van der Waals surface area contributed by atoms with Crippen LogP contribution in [0.1, 0.15) is 29.7 Å². The van der Waals surface area contributed by atoms with Crippen molar-refractivity contribution in [2.24, 2.45) is 0 Å². The van der Waals surface area contributed by atoms with E-state index < -0.39 is 0 Å². The molecule has 2 rings (SSSR count). The lowest BCUT2D eigenvalue weighted by molar-refractivity contribution is 0.411. The predicted molar refractivity (Wildman–Crippen MR) is 87.1 cm³/mol. The zero-order chi connectivity index (χ0) is 14.5. The molecule has 2 aromatic rings. The molecule has 0 saturated carbocycles. The molecule has 0 amide bonds. The summed E-state index contributed by atoms with van der Waals surface area (Å²) < 4.78 is 6.39. The van der Waals surface area contributed by atoms with Gasteiger partial charge >= 0.3 is 0 Å². The topological polar surface area (TPSA) is 21.3 Å². The molecule has 1 N–H and O–H groups in total. The number of rotatable bonds is 5. The monoisotopic (exact) mass is 333 g/mol. The lowest BCUT2D eigenvalue weighted by Gasteiger charge is -2.15. The summed E-state index contributed by atoms with van der Waals surface area (Å²) >= 11 is 3.46. The molecule has 2 nitrogen and oxygen atoms in total. The molecule has 1 atom stereocenters. The van der Waals surface area contributed by atoms with Crippen molar-refractivity contribution in [2.45, 2.75) is 26.4 Å². The van der Waals surface area contributed by atoms with Crippen LogP contribution in [0.3, 0.4) is 0 Å². The molecule has 3 heteroatoms. The number of ether oxygens (including phenoxy) is 1. The Bertz CT molecular complexity index is 566. The summed E-state index contributed by atoms with van der Waals surface area (Å²) in [6, 6.07) is 15.0. The summed E-state index contributed by atoms with van der Waals surface area (Å²) in [5.74, 6) is 0.940. The van der Waals surface area contributed by atoms with Crippen LogP contribution in [0.2, 0.25) is 0 Å². The van der Waals surface area contributed by atoms with Crippen molar-refractivity contribution in [3.63, 3.8) is 0 Å². The second kappa shape index (κ2) is 6.91. The molecule has 0 saturated heterocycles. The van der Waals surface area contributed by atoms with Crippen LogP contribution in [-0.4, -0.2) is 7.11 Å². The molecule has 0 aliphatic heterocycles. The molecular weight excluding hydrogens is 314 g/mol. The molecule has 106 valence electrons. The number of hydrogen-bond donors (Lipinski definition) is 1. The molecule has 0 aliphatic rings. The molecule has 0 unspecified atom stereocenters. The standard InChI is InChI=1S/C17H20BrNO/c1-12-10-14(4-9-17(12)20-3)11-19-13(2)15-5-7-16(18)8-6-15/h4-10,13,19H,11H2,1-3H3/t13-/m1/s1. The van der Waals surface area contributed by atoms with Crippen LogP contribution in [0.5, 0.6) is 5.75 Å². The van der Waals surface area contributed by atoms with Crippen LogP contribution in [-0.2, 0) is 6.54 Å². The summed E-state index contributed by atoms with van der Waals surface area (Å²) in [6.45, 7) is 5.10. The molecule has 0 aromatic heterocycles. The van der Waals surface area contributed by atoms with Gasteiger partial charge in [0.05, 0.1) is 7.11 Å². The van der Waals surface area contributed by atoms with Crippen molar-refractivity contribution in [1.82, 2.24) is 5.32 Å². The Labute approximate surface area is 129 Å². The maximum absolute atomic E-state index is 5.28. The van der Waals surface area contributed by atoms with Crippen molar-refractivity contribution < 1.29 is 4.74 Å². The number of nitrogens with one attached hydrogen (secondary N) is 1. The van der Waals surface area contributed by atoms with Crippen LogP contribution in [0.25, 0.3) is 0 Å². The molecule has 0 radical (unpaired) electrons. The number of methoxy groups -OCH3 is 1. The van der Waals surface area contributed by atoms with Gasteiger partial charge in [-0.25, -0.2) is 0 Å². The van der Waals surface area contributed by atoms with Crippen LogP contribution < -0.4 is 10.1 Å². The molecular formula is C17H20BrNO. The van der Waals surface area contributed by atoms with Crippen molar-refractivity contribution >= 4 is 15.9 Å². The lowest BCUT2D eigenvalue weighted by Crippen LogP contribution is -2.18. The second-order valence-electron chi connectivity index (χ2n) is 4.96. The third-order valence-corrected chi connectivity index (χ3v) is 3.97. The fourth-order valence-electron chi connectivity index (χ4n) is 2.19. The average Bonchev–Trinajstić information content (AvgIpc) is 2.45. The van der Waals surface area contributed by atoms with E-state index in [0.717, 1.165) is 16.8 Å². The maximum atomic E-state index is 5.28. The number of halogens is 1.